The molecule has 446 valence electrons. The molecule has 2 aliphatic rings. The van der Waals surface area contributed by atoms with E-state index in [0.29, 0.717) is 11.5 Å². The van der Waals surface area contributed by atoms with Gasteiger partial charge in [-0.1, -0.05) is 240 Å². The largest absolute Gasteiger partial charge is 0.509 e. The summed E-state index contributed by atoms with van der Waals surface area (Å²) in [5.74, 6) is 1.95. The van der Waals surface area contributed by atoms with Crippen molar-refractivity contribution in [3.8, 4) is 50.7 Å². The fourth-order valence-corrected chi connectivity index (χ4v) is 13.5. The number of rotatable bonds is 9. The maximum atomic E-state index is 6.93. The summed E-state index contributed by atoms with van der Waals surface area (Å²) < 4.78 is 9.20. The number of anilines is 4. The topological polar surface area (TPSA) is 33.5 Å². The Morgan fingerprint density at radius 1 is 0.416 bits per heavy atom. The summed E-state index contributed by atoms with van der Waals surface area (Å²) in [5.41, 5.74) is 22.4. The molecule has 5 nitrogen and oxygen atoms in total. The Balaban J connectivity index is 0.00000729. The Labute approximate surface area is 541 Å². The summed E-state index contributed by atoms with van der Waals surface area (Å²) in [6.07, 6.45) is 2.00. The maximum absolute atomic E-state index is 6.93. The van der Waals surface area contributed by atoms with Crippen LogP contribution in [0.15, 0.2) is 231 Å². The summed E-state index contributed by atoms with van der Waals surface area (Å²) in [4.78, 5) is 9.88. The second kappa shape index (κ2) is 22.1. The van der Waals surface area contributed by atoms with Crippen LogP contribution in [0.4, 0.5) is 22.7 Å². The van der Waals surface area contributed by atoms with E-state index in [1.807, 2.05) is 24.4 Å². The van der Waals surface area contributed by atoms with Crippen LogP contribution < -0.4 is 14.5 Å². The third kappa shape index (κ3) is 10.3. The van der Waals surface area contributed by atoms with Crippen LogP contribution in [0.1, 0.15) is 128 Å². The van der Waals surface area contributed by atoms with Crippen LogP contribution in [0.2, 0.25) is 0 Å². The standard InChI is InChI=1S/C83H75N4O.Pt/c1-79(2,3)56-34-36-57(37-35-56)83(71-42-38-58(80(4,5)6)46-69(71)70-47-59(81(7,8)9)39-43-72(70)83)60-44-45-84-77(50-60)87-73-31-20-19-30-65(73)66-41-40-64(52-76(66)87)88-63-29-23-28-62(51-63)85-53-86(75-33-22-21-32-74(75)85)78-67(54-24-15-13-16-25-54)48-61(82(10,11)12)49-68(78)55-26-17-14-18-27-55;/h13-50,53H,1-12H3;/q-3;. The molecule has 3 heterocycles. The number of hydrogen-bond donors (Lipinski definition) is 0. The quantitative estimate of drug-likeness (QED) is 0.135. The van der Waals surface area contributed by atoms with E-state index in [0.717, 1.165) is 78.2 Å². The molecule has 14 rings (SSSR count). The van der Waals surface area contributed by atoms with E-state index >= 15 is 0 Å². The van der Waals surface area contributed by atoms with Crippen molar-refractivity contribution in [3.05, 3.63) is 294 Å². The van der Waals surface area contributed by atoms with Gasteiger partial charge in [-0.05, 0) is 136 Å². The fourth-order valence-electron chi connectivity index (χ4n) is 13.5. The number of fused-ring (bicyclic) bond motifs is 7. The first-order valence-corrected chi connectivity index (χ1v) is 31.0. The van der Waals surface area contributed by atoms with Gasteiger partial charge in [-0.25, -0.2) is 4.98 Å². The number of hydrogen-bond acceptors (Lipinski definition) is 4. The third-order valence-electron chi connectivity index (χ3n) is 18.3. The number of nitrogens with zero attached hydrogens (tertiary/aromatic N) is 4. The van der Waals surface area contributed by atoms with Crippen LogP contribution in [0.25, 0.3) is 61.0 Å². The first-order chi connectivity index (χ1) is 42.1. The zero-order chi connectivity index (χ0) is 61.1. The molecule has 0 atom stereocenters. The molecule has 0 N–H and O–H groups in total. The van der Waals surface area contributed by atoms with Gasteiger partial charge in [-0.3, -0.25) is 0 Å². The molecule has 0 radical (unpaired) electrons. The summed E-state index contributed by atoms with van der Waals surface area (Å²) in [6.45, 7) is 29.9. The first-order valence-electron chi connectivity index (χ1n) is 31.0. The van der Waals surface area contributed by atoms with E-state index in [4.69, 9.17) is 9.72 Å². The molecule has 1 aliphatic heterocycles. The van der Waals surface area contributed by atoms with Crippen LogP contribution in [-0.4, -0.2) is 9.55 Å². The van der Waals surface area contributed by atoms with E-state index in [-0.39, 0.29) is 42.7 Å². The molecule has 0 saturated heterocycles. The van der Waals surface area contributed by atoms with Gasteiger partial charge in [-0.2, -0.15) is 12.1 Å². The predicted molar refractivity (Wildman–Crippen MR) is 367 cm³/mol. The van der Waals surface area contributed by atoms with E-state index in [1.165, 1.54) is 50.1 Å². The molecule has 0 fully saturated rings. The molecule has 0 unspecified atom stereocenters. The molecule has 0 bridgehead atoms. The van der Waals surface area contributed by atoms with Crippen LogP contribution in [-0.2, 0) is 48.1 Å². The van der Waals surface area contributed by atoms with E-state index in [2.05, 4.69) is 323 Å². The minimum atomic E-state index is -0.668. The molecule has 0 spiro atoms. The number of pyridine rings is 1. The average molecular weight is 1340 g/mol. The fraction of sp³-hybridized carbons (Fsp3) is 0.205. The smallest absolute Gasteiger partial charge is 0.135 e. The molecule has 1 aliphatic carbocycles. The van der Waals surface area contributed by atoms with Gasteiger partial charge in [0.1, 0.15) is 5.82 Å². The van der Waals surface area contributed by atoms with Gasteiger partial charge in [0.15, 0.2) is 0 Å². The van der Waals surface area contributed by atoms with Gasteiger partial charge in [0.05, 0.1) is 5.41 Å². The zero-order valence-electron chi connectivity index (χ0n) is 53.0. The molecular weight excluding hydrogens is 1260 g/mol. The third-order valence-corrected chi connectivity index (χ3v) is 18.3. The van der Waals surface area contributed by atoms with Crippen molar-refractivity contribution in [2.75, 3.05) is 9.80 Å². The van der Waals surface area contributed by atoms with Gasteiger partial charge in [0, 0.05) is 72.5 Å². The number of aromatic nitrogens is 2. The molecule has 0 amide bonds. The first kappa shape index (κ1) is 59.2. The minimum Gasteiger partial charge on any atom is -0.509 e. The molecule has 6 heteroatoms. The molecular formula is C83H75N4OPt-3. The SMILES string of the molecule is CC(C)(C)c1ccc(C2(c3ccnc(-n4c5[c-]c(Oc6[c-]c(N7[CH-]N(c8c(-c9ccccc9)cc(C(C)(C)C)cc8-c8ccccc8)c8ccccc87)ccc6)ccc5c5ccccc54)c3)c3ccc(C(C)(C)C)cc3-c3cc(C(C)(C)C)ccc32)cc1.[Pt]. The Morgan fingerprint density at radius 2 is 0.933 bits per heavy atom. The van der Waals surface area contributed by atoms with Crippen molar-refractivity contribution in [1.82, 2.24) is 9.55 Å². The van der Waals surface area contributed by atoms with Crippen molar-refractivity contribution in [2.45, 2.75) is 110 Å². The Kier molecular flexibility index (Phi) is 14.7. The Hall–Kier alpha value is -8.76. The molecule has 0 saturated carbocycles. The van der Waals surface area contributed by atoms with Gasteiger partial charge < -0.3 is 19.1 Å². The monoisotopic (exact) mass is 1340 g/mol. The Morgan fingerprint density at radius 3 is 1.52 bits per heavy atom. The van der Waals surface area contributed by atoms with E-state index in [9.17, 15) is 0 Å². The minimum absolute atomic E-state index is 0. The number of ether oxygens (including phenoxy) is 1. The van der Waals surface area contributed by atoms with Crippen LogP contribution in [0.5, 0.6) is 11.5 Å². The van der Waals surface area contributed by atoms with Crippen LogP contribution in [0.3, 0.4) is 0 Å². The maximum Gasteiger partial charge on any atom is 0.135 e. The summed E-state index contributed by atoms with van der Waals surface area (Å²) >= 11 is 0. The van der Waals surface area contributed by atoms with Gasteiger partial charge in [0.2, 0.25) is 0 Å². The predicted octanol–water partition coefficient (Wildman–Crippen LogP) is 21.9. The normalized spacial score (nSPS) is 13.8. The number of para-hydroxylation sites is 3. The van der Waals surface area contributed by atoms with Crippen LogP contribution in [0, 0.1) is 18.8 Å². The summed E-state index contributed by atoms with van der Waals surface area (Å²) in [7, 11) is 0. The van der Waals surface area contributed by atoms with Crippen molar-refractivity contribution >= 4 is 44.6 Å². The molecule has 2 aromatic heterocycles. The van der Waals surface area contributed by atoms with E-state index in [1.54, 1.807) is 0 Å². The second-order valence-electron chi connectivity index (χ2n) is 28.2. The van der Waals surface area contributed by atoms with Gasteiger partial charge >= 0.3 is 0 Å². The van der Waals surface area contributed by atoms with Crippen LogP contribution >= 0.6 is 0 Å². The molecule has 12 aromatic rings. The van der Waals surface area contributed by atoms with Gasteiger partial charge in [-0.15, -0.1) is 48.1 Å². The van der Waals surface area contributed by atoms with Crippen molar-refractivity contribution in [3.63, 3.8) is 0 Å². The van der Waals surface area contributed by atoms with Crippen molar-refractivity contribution in [2.24, 2.45) is 0 Å². The van der Waals surface area contributed by atoms with Crippen molar-refractivity contribution in [1.29, 1.82) is 0 Å². The second-order valence-corrected chi connectivity index (χ2v) is 28.2. The summed E-state index contributed by atoms with van der Waals surface area (Å²) in [6, 6.07) is 89.9. The number of benzene rings is 10. The zero-order valence-corrected chi connectivity index (χ0v) is 55.3. The molecule has 10 aromatic carbocycles. The molecule has 89 heavy (non-hydrogen) atoms. The summed E-state index contributed by atoms with van der Waals surface area (Å²) in [5, 5.41) is 2.17. The Bertz CT molecular complexity index is 4540. The average Bonchev–Trinajstić information content (AvgIpc) is 1.57. The van der Waals surface area contributed by atoms with Crippen molar-refractivity contribution < 1.29 is 25.8 Å². The van der Waals surface area contributed by atoms with E-state index < -0.39 is 5.41 Å². The van der Waals surface area contributed by atoms with Gasteiger partial charge in [0.25, 0.3) is 0 Å².